The summed E-state index contributed by atoms with van der Waals surface area (Å²) in [5.74, 6) is 0.446. The Morgan fingerprint density at radius 1 is 1.10 bits per heavy atom. The van der Waals surface area contributed by atoms with E-state index < -0.39 is 0 Å². The molecule has 0 bridgehead atoms. The Kier molecular flexibility index (Phi) is 5.89. The molecule has 8 heteroatoms. The molecule has 1 saturated heterocycles. The van der Waals surface area contributed by atoms with E-state index in [1.807, 2.05) is 18.2 Å². The third-order valence-corrected chi connectivity index (χ3v) is 5.91. The van der Waals surface area contributed by atoms with Gasteiger partial charge in [0.2, 0.25) is 0 Å². The minimum Gasteiger partial charge on any atom is -0.469 e. The molecule has 0 unspecified atom stereocenters. The van der Waals surface area contributed by atoms with Crippen molar-refractivity contribution in [3.8, 4) is 5.69 Å². The summed E-state index contributed by atoms with van der Waals surface area (Å²) in [6.45, 7) is 1.57. The van der Waals surface area contributed by atoms with Crippen LogP contribution >= 0.6 is 0 Å². The number of para-hydroxylation sites is 1. The van der Waals surface area contributed by atoms with Crippen LogP contribution in [0.25, 0.3) is 5.69 Å². The first-order chi connectivity index (χ1) is 14.2. The molecule has 8 nitrogen and oxygen atoms in total. The van der Waals surface area contributed by atoms with E-state index in [-0.39, 0.29) is 24.0 Å². The fourth-order valence-electron chi connectivity index (χ4n) is 4.15. The fourth-order valence-corrected chi connectivity index (χ4v) is 4.15. The van der Waals surface area contributed by atoms with E-state index in [1.165, 1.54) is 20.0 Å². The zero-order chi connectivity index (χ0) is 20.2. The summed E-state index contributed by atoms with van der Waals surface area (Å²) in [6, 6.07) is 7.87. The van der Waals surface area contributed by atoms with Gasteiger partial charge in [-0.15, -0.1) is 10.2 Å². The number of carbonyl (C=O) groups is 2. The smallest absolute Gasteiger partial charge is 0.307 e. The lowest BCUT2D eigenvalue weighted by Gasteiger charge is -2.30. The van der Waals surface area contributed by atoms with Gasteiger partial charge < -0.3 is 10.1 Å². The van der Waals surface area contributed by atoms with Crippen molar-refractivity contribution in [3.63, 3.8) is 0 Å². The van der Waals surface area contributed by atoms with E-state index >= 15 is 0 Å². The highest BCUT2D eigenvalue weighted by Gasteiger charge is 2.38. The second-order valence-corrected chi connectivity index (χ2v) is 7.90. The number of hydrogen-bond donors (Lipinski definition) is 1. The number of carbonyl (C=O) groups excluding carboxylic acids is 2. The van der Waals surface area contributed by atoms with Crippen molar-refractivity contribution in [2.75, 3.05) is 20.2 Å². The highest BCUT2D eigenvalue weighted by atomic mass is 16.5. The van der Waals surface area contributed by atoms with Crippen LogP contribution in [0.15, 0.2) is 36.9 Å². The maximum atomic E-state index is 12.9. The van der Waals surface area contributed by atoms with E-state index in [1.54, 1.807) is 23.3 Å². The van der Waals surface area contributed by atoms with Gasteiger partial charge in [-0.25, -0.2) is 0 Å². The molecule has 1 N–H and O–H groups in total. The van der Waals surface area contributed by atoms with Gasteiger partial charge in [0, 0.05) is 25.2 Å². The lowest BCUT2D eigenvalue weighted by molar-refractivity contribution is -0.141. The minimum atomic E-state index is -0.164. The van der Waals surface area contributed by atoms with Crippen LogP contribution in [0.1, 0.15) is 42.5 Å². The maximum Gasteiger partial charge on any atom is 0.307 e. The topological polar surface area (TPSA) is 89.3 Å². The molecule has 1 aliphatic heterocycles. The van der Waals surface area contributed by atoms with Gasteiger partial charge in [-0.2, -0.15) is 0 Å². The Morgan fingerprint density at radius 2 is 1.83 bits per heavy atom. The molecule has 0 spiro atoms. The average molecular weight is 397 g/mol. The van der Waals surface area contributed by atoms with Crippen molar-refractivity contribution >= 4 is 11.9 Å². The number of esters is 1. The van der Waals surface area contributed by atoms with Crippen molar-refractivity contribution in [3.05, 3.63) is 42.5 Å². The van der Waals surface area contributed by atoms with E-state index in [2.05, 4.69) is 20.4 Å². The molecule has 2 atom stereocenters. The molecule has 2 aromatic rings. The second kappa shape index (κ2) is 8.73. The Bertz CT molecular complexity index is 850. The van der Waals surface area contributed by atoms with Crippen LogP contribution in [0.2, 0.25) is 0 Å². The number of benzene rings is 1. The summed E-state index contributed by atoms with van der Waals surface area (Å²) in [6.07, 6.45) is 8.03. The van der Waals surface area contributed by atoms with Crippen molar-refractivity contribution in [1.29, 1.82) is 0 Å². The van der Waals surface area contributed by atoms with Gasteiger partial charge in [-0.3, -0.25) is 19.1 Å². The first-order valence-electron chi connectivity index (χ1n) is 10.2. The Morgan fingerprint density at radius 3 is 2.55 bits per heavy atom. The van der Waals surface area contributed by atoms with Gasteiger partial charge in [0.25, 0.3) is 5.91 Å². The number of nitrogens with zero attached hydrogens (tertiary/aromatic N) is 4. The third kappa shape index (κ3) is 4.64. The number of methoxy groups -OCH3 is 1. The molecule has 4 rings (SSSR count). The molecule has 1 saturated carbocycles. The molecule has 1 amide bonds. The van der Waals surface area contributed by atoms with Crippen LogP contribution in [-0.4, -0.2) is 63.8 Å². The molecule has 1 aromatic heterocycles. The zero-order valence-corrected chi connectivity index (χ0v) is 16.7. The summed E-state index contributed by atoms with van der Waals surface area (Å²) >= 11 is 0. The Labute approximate surface area is 170 Å². The van der Waals surface area contributed by atoms with Crippen LogP contribution in [0.5, 0.6) is 0 Å². The van der Waals surface area contributed by atoms with Crippen molar-refractivity contribution < 1.29 is 14.3 Å². The number of nitrogens with one attached hydrogen (secondary N) is 1. The quantitative estimate of drug-likeness (QED) is 0.684. The first kappa shape index (κ1) is 19.6. The van der Waals surface area contributed by atoms with Gasteiger partial charge in [0.1, 0.15) is 12.7 Å². The predicted molar refractivity (Wildman–Crippen MR) is 107 cm³/mol. The zero-order valence-electron chi connectivity index (χ0n) is 16.7. The van der Waals surface area contributed by atoms with Gasteiger partial charge >= 0.3 is 5.97 Å². The molecule has 2 fully saturated rings. The largest absolute Gasteiger partial charge is 0.469 e. The summed E-state index contributed by atoms with van der Waals surface area (Å²) in [5.41, 5.74) is 1.34. The number of aromatic nitrogens is 3. The Balaban J connectivity index is 1.41. The average Bonchev–Trinajstić information content (AvgIpc) is 3.24. The highest BCUT2D eigenvalue weighted by Crippen LogP contribution is 2.35. The van der Waals surface area contributed by atoms with Gasteiger partial charge in [-0.1, -0.05) is 12.1 Å². The standard InChI is InChI=1S/C21H27N5O3/c1-29-20(27)10-16-8-9-17(26(16)12-15-6-7-15)11-22-21(28)18-4-2-3-5-19(18)25-13-23-24-14-25/h2-5,13-17H,6-12H2,1H3,(H,22,28)/t16-,17+/m1/s1. The van der Waals surface area contributed by atoms with Crippen LogP contribution in [-0.2, 0) is 9.53 Å². The minimum absolute atomic E-state index is 0.114. The SMILES string of the molecule is COC(=O)C[C@H]1CC[C@@H](CNC(=O)c2ccccc2-n2cnnc2)N1CC1CC1. The van der Waals surface area contributed by atoms with Gasteiger partial charge in [0.05, 0.1) is 24.8 Å². The molecule has 2 heterocycles. The third-order valence-electron chi connectivity index (χ3n) is 5.91. The number of rotatable bonds is 8. The number of ether oxygens (including phenoxy) is 1. The van der Waals surface area contributed by atoms with Gasteiger partial charge in [0.15, 0.2) is 0 Å². The Hall–Kier alpha value is -2.74. The molecular weight excluding hydrogens is 370 g/mol. The molecule has 2 aliphatic rings. The van der Waals surface area contributed by atoms with Crippen LogP contribution in [0.4, 0.5) is 0 Å². The van der Waals surface area contributed by atoms with Crippen LogP contribution in [0.3, 0.4) is 0 Å². The number of likely N-dealkylation sites (tertiary alicyclic amines) is 1. The van der Waals surface area contributed by atoms with E-state index in [0.29, 0.717) is 18.5 Å². The van der Waals surface area contributed by atoms with Crippen molar-refractivity contribution in [2.45, 2.75) is 44.2 Å². The summed E-state index contributed by atoms with van der Waals surface area (Å²) in [4.78, 5) is 27.1. The van der Waals surface area contributed by atoms with E-state index in [4.69, 9.17) is 4.74 Å². The fraction of sp³-hybridized carbons (Fsp3) is 0.524. The lowest BCUT2D eigenvalue weighted by atomic mass is 10.1. The monoisotopic (exact) mass is 397 g/mol. The number of hydrogen-bond acceptors (Lipinski definition) is 6. The van der Waals surface area contributed by atoms with Gasteiger partial charge in [-0.05, 0) is 43.7 Å². The van der Waals surface area contributed by atoms with E-state index in [9.17, 15) is 9.59 Å². The number of amides is 1. The molecule has 1 aliphatic carbocycles. The highest BCUT2D eigenvalue weighted by molar-refractivity contribution is 5.97. The second-order valence-electron chi connectivity index (χ2n) is 7.90. The van der Waals surface area contributed by atoms with Crippen LogP contribution in [0, 0.1) is 5.92 Å². The molecule has 154 valence electrons. The summed E-state index contributed by atoms with van der Waals surface area (Å²) < 4.78 is 6.61. The predicted octanol–water partition coefficient (Wildman–Crippen LogP) is 1.80. The molecular formula is C21H27N5O3. The molecule has 29 heavy (non-hydrogen) atoms. The summed E-state index contributed by atoms with van der Waals surface area (Å²) in [5, 5.41) is 10.8. The van der Waals surface area contributed by atoms with E-state index in [0.717, 1.165) is 31.0 Å². The van der Waals surface area contributed by atoms with Crippen molar-refractivity contribution in [2.24, 2.45) is 5.92 Å². The normalized spacial score (nSPS) is 21.8. The molecule has 1 aromatic carbocycles. The van der Waals surface area contributed by atoms with Crippen LogP contribution < -0.4 is 5.32 Å². The lowest BCUT2D eigenvalue weighted by Crippen LogP contribution is -2.45. The summed E-state index contributed by atoms with van der Waals surface area (Å²) in [7, 11) is 1.44. The molecule has 0 radical (unpaired) electrons. The maximum absolute atomic E-state index is 12.9. The first-order valence-corrected chi connectivity index (χ1v) is 10.2. The van der Waals surface area contributed by atoms with Crippen molar-refractivity contribution in [1.82, 2.24) is 25.0 Å².